The molecular weight excluding hydrogens is 399 g/mol. The summed E-state index contributed by atoms with van der Waals surface area (Å²) in [6, 6.07) is 0.148. The van der Waals surface area contributed by atoms with Crippen LogP contribution in [0.4, 0.5) is 0 Å². The first kappa shape index (κ1) is 26.4. The van der Waals surface area contributed by atoms with Gasteiger partial charge < -0.3 is 14.0 Å². The Bertz CT molecular complexity index is 612. The van der Waals surface area contributed by atoms with Crippen LogP contribution in [0.3, 0.4) is 0 Å². The summed E-state index contributed by atoms with van der Waals surface area (Å²) in [5.41, 5.74) is 0.222. The number of nitrogens with zero attached hydrogens (tertiary/aromatic N) is 3. The number of ether oxygens (including phenoxy) is 2. The van der Waals surface area contributed by atoms with Crippen LogP contribution in [0, 0.1) is 5.41 Å². The molecule has 7 nitrogen and oxygen atoms in total. The van der Waals surface area contributed by atoms with Crippen molar-refractivity contribution in [2.75, 3.05) is 46.9 Å². The van der Waals surface area contributed by atoms with Crippen molar-refractivity contribution >= 4 is 23.4 Å². The summed E-state index contributed by atoms with van der Waals surface area (Å²) in [6.45, 7) is 16.5. The molecule has 0 N–H and O–H groups in total. The van der Waals surface area contributed by atoms with Gasteiger partial charge in [-0.2, -0.15) is 0 Å². The van der Waals surface area contributed by atoms with Gasteiger partial charge in [-0.05, 0) is 46.7 Å². The van der Waals surface area contributed by atoms with Crippen molar-refractivity contribution < 1.29 is 18.6 Å². The summed E-state index contributed by atoms with van der Waals surface area (Å²) in [7, 11) is 4.66. The summed E-state index contributed by atoms with van der Waals surface area (Å²) in [5, 5.41) is 0. The van der Waals surface area contributed by atoms with Gasteiger partial charge >= 0.3 is 7.67 Å². The van der Waals surface area contributed by atoms with Gasteiger partial charge in [0.05, 0.1) is 18.8 Å². The maximum Gasteiger partial charge on any atom is 0.345 e. The molecule has 0 aromatic heterocycles. The molecule has 0 spiro atoms. The highest BCUT2D eigenvalue weighted by Crippen LogP contribution is 2.54. The predicted octanol–water partition coefficient (Wildman–Crippen LogP) is 1.23. The van der Waals surface area contributed by atoms with Crippen molar-refractivity contribution in [1.29, 1.82) is 0 Å². The highest BCUT2D eigenvalue weighted by atomic mass is 31.2. The molecule has 0 radical (unpaired) electrons. The molecular formula is C20H44B2N3O4P. The third-order valence-electron chi connectivity index (χ3n) is 5.71. The van der Waals surface area contributed by atoms with Crippen LogP contribution < -0.4 is 0 Å². The fraction of sp³-hybridized carbons (Fsp3) is 1.00. The number of hydrogen-bond donors (Lipinski definition) is 0. The van der Waals surface area contributed by atoms with Crippen molar-refractivity contribution in [2.24, 2.45) is 5.41 Å². The predicted molar refractivity (Wildman–Crippen MR) is 129 cm³/mol. The third-order valence-corrected chi connectivity index (χ3v) is 8.25. The second-order valence-electron chi connectivity index (χ2n) is 11.5. The molecule has 0 amide bonds. The first-order chi connectivity index (χ1) is 13.6. The Kier molecular flexibility index (Phi) is 8.74. The normalized spacial score (nSPS) is 32.3. The van der Waals surface area contributed by atoms with E-state index in [-0.39, 0.29) is 35.2 Å². The molecule has 0 bridgehead atoms. The Balaban J connectivity index is 2.09. The molecule has 2 rings (SSSR count). The molecule has 5 atom stereocenters. The Morgan fingerprint density at radius 1 is 0.967 bits per heavy atom. The minimum atomic E-state index is -3.17. The van der Waals surface area contributed by atoms with Crippen molar-refractivity contribution in [3.63, 3.8) is 0 Å². The van der Waals surface area contributed by atoms with Crippen LogP contribution in [-0.2, 0) is 18.6 Å². The topological polar surface area (TPSA) is 54.5 Å². The van der Waals surface area contributed by atoms with Gasteiger partial charge in [-0.3, -0.25) is 9.46 Å². The molecule has 30 heavy (non-hydrogen) atoms. The lowest BCUT2D eigenvalue weighted by Gasteiger charge is -2.46. The average Bonchev–Trinajstić information content (AvgIpc) is 2.56. The van der Waals surface area contributed by atoms with Gasteiger partial charge in [-0.25, -0.2) is 9.34 Å². The maximum atomic E-state index is 14.0. The van der Waals surface area contributed by atoms with Crippen LogP contribution in [0.25, 0.3) is 0 Å². The number of rotatable bonds is 6. The second kappa shape index (κ2) is 9.94. The van der Waals surface area contributed by atoms with E-state index in [1.165, 1.54) is 0 Å². The largest absolute Gasteiger partial charge is 0.381 e. The average molecular weight is 443 g/mol. The van der Waals surface area contributed by atoms with E-state index in [2.05, 4.69) is 62.1 Å². The first-order valence-corrected chi connectivity index (χ1v) is 12.9. The molecule has 2 aliphatic rings. The Hall–Kier alpha value is 0.120. The second-order valence-corrected chi connectivity index (χ2v) is 14.1. The molecule has 0 aromatic rings. The van der Waals surface area contributed by atoms with Gasteiger partial charge in [-0.1, -0.05) is 20.8 Å². The molecule has 10 heteroatoms. The highest BCUT2D eigenvalue weighted by Gasteiger charge is 2.42. The lowest BCUT2D eigenvalue weighted by molar-refractivity contribution is -0.0929. The lowest BCUT2D eigenvalue weighted by Crippen LogP contribution is -2.56. The van der Waals surface area contributed by atoms with Gasteiger partial charge in [0.15, 0.2) is 0 Å². The zero-order valence-corrected chi connectivity index (χ0v) is 21.9. The molecule has 2 fully saturated rings. The van der Waals surface area contributed by atoms with Crippen molar-refractivity contribution in [2.45, 2.75) is 77.7 Å². The van der Waals surface area contributed by atoms with Gasteiger partial charge in [0, 0.05) is 43.7 Å². The molecule has 2 heterocycles. The van der Waals surface area contributed by atoms with Gasteiger partial charge in [0.2, 0.25) is 0 Å². The van der Waals surface area contributed by atoms with E-state index in [1.807, 2.05) is 18.8 Å². The molecule has 2 saturated heterocycles. The Morgan fingerprint density at radius 3 is 2.07 bits per heavy atom. The summed E-state index contributed by atoms with van der Waals surface area (Å²) < 4.78 is 36.3. The van der Waals surface area contributed by atoms with E-state index in [9.17, 15) is 4.57 Å². The summed E-state index contributed by atoms with van der Waals surface area (Å²) in [4.78, 5) is 2.42. The Morgan fingerprint density at radius 2 is 1.53 bits per heavy atom. The van der Waals surface area contributed by atoms with E-state index in [0.717, 1.165) is 19.5 Å². The number of hydrogen-bond acceptors (Lipinski definition) is 5. The summed E-state index contributed by atoms with van der Waals surface area (Å²) in [5.74, 6) is 0. The Labute approximate surface area is 186 Å². The van der Waals surface area contributed by atoms with Gasteiger partial charge in [0.25, 0.3) is 0 Å². The van der Waals surface area contributed by atoms with Crippen LogP contribution in [0.2, 0.25) is 0 Å². The molecule has 0 aliphatic carbocycles. The fourth-order valence-corrected chi connectivity index (χ4v) is 6.42. The van der Waals surface area contributed by atoms with E-state index in [0.29, 0.717) is 19.7 Å². The van der Waals surface area contributed by atoms with E-state index < -0.39 is 7.67 Å². The van der Waals surface area contributed by atoms with Crippen LogP contribution in [0.1, 0.15) is 48.0 Å². The lowest BCUT2D eigenvalue weighted by atomic mass is 9.88. The third kappa shape index (κ3) is 7.33. The zero-order valence-electron chi connectivity index (χ0n) is 21.0. The van der Waals surface area contributed by atoms with Crippen LogP contribution >= 0.6 is 7.67 Å². The molecule has 0 aromatic carbocycles. The van der Waals surface area contributed by atoms with E-state index >= 15 is 0 Å². The monoisotopic (exact) mass is 443 g/mol. The number of morpholine rings is 2. The smallest absolute Gasteiger partial charge is 0.345 e. The minimum absolute atomic E-state index is 0.0188. The molecule has 5 unspecified atom stereocenters. The van der Waals surface area contributed by atoms with Crippen LogP contribution in [0.15, 0.2) is 0 Å². The first-order valence-electron chi connectivity index (χ1n) is 11.3. The minimum Gasteiger partial charge on any atom is -0.381 e. The maximum absolute atomic E-state index is 14.0. The van der Waals surface area contributed by atoms with Crippen molar-refractivity contribution in [3.05, 3.63) is 0 Å². The SMILES string of the molecule is BC1CN(C(C)(C)C)CC(COP(=O)(N(C)C)N2CC(B)OC(CC(C)(C)C)C2)O1. The van der Waals surface area contributed by atoms with Gasteiger partial charge in [-0.15, -0.1) is 0 Å². The van der Waals surface area contributed by atoms with Crippen LogP contribution in [0.5, 0.6) is 0 Å². The molecule has 2 aliphatic heterocycles. The van der Waals surface area contributed by atoms with Crippen molar-refractivity contribution in [1.82, 2.24) is 14.2 Å². The fourth-order valence-electron chi connectivity index (χ4n) is 4.34. The summed E-state index contributed by atoms with van der Waals surface area (Å²) >= 11 is 0. The van der Waals surface area contributed by atoms with Gasteiger partial charge in [0.1, 0.15) is 15.7 Å². The summed E-state index contributed by atoms with van der Waals surface area (Å²) in [6.07, 6.45) is 0.878. The highest BCUT2D eigenvalue weighted by molar-refractivity contribution is 7.53. The van der Waals surface area contributed by atoms with E-state index in [4.69, 9.17) is 14.0 Å². The standard InChI is InChI=1S/C20H44B2N3O4P/c1-19(2,3)9-15-11-25(13-18(22)28-15)30(26,23(7)8)27-14-16-10-24(20(4,5)6)12-17(21)29-16/h15-18H,9-14,21-22H2,1-8H3. The van der Waals surface area contributed by atoms with Crippen LogP contribution in [-0.4, -0.2) is 107 Å². The van der Waals surface area contributed by atoms with E-state index in [1.54, 1.807) is 4.67 Å². The van der Waals surface area contributed by atoms with Crippen molar-refractivity contribution in [3.8, 4) is 0 Å². The molecule has 0 saturated carbocycles. The quantitative estimate of drug-likeness (QED) is 0.452. The molecule has 174 valence electrons. The zero-order chi connectivity index (χ0) is 22.9.